The van der Waals surface area contributed by atoms with Crippen LogP contribution in [-0.4, -0.2) is 67.1 Å². The predicted octanol–water partition coefficient (Wildman–Crippen LogP) is 6.22. The van der Waals surface area contributed by atoms with E-state index in [2.05, 4.69) is 54.9 Å². The van der Waals surface area contributed by atoms with Crippen LogP contribution in [0, 0.1) is 6.92 Å². The fourth-order valence-corrected chi connectivity index (χ4v) is 4.74. The summed E-state index contributed by atoms with van der Waals surface area (Å²) in [7, 11) is 3.68. The highest BCUT2D eigenvalue weighted by Crippen LogP contribution is 2.30. The third kappa shape index (κ3) is 7.87. The van der Waals surface area contributed by atoms with Crippen molar-refractivity contribution in [2.75, 3.05) is 66.0 Å². The van der Waals surface area contributed by atoms with E-state index in [1.807, 2.05) is 12.1 Å². The second kappa shape index (κ2) is 13.2. The van der Waals surface area contributed by atoms with Gasteiger partial charge in [-0.25, -0.2) is 14.8 Å². The number of carbonyl (C=O) groups is 2. The number of carbonyl (C=O) groups excluding carboxylic acids is 2. The van der Waals surface area contributed by atoms with E-state index in [9.17, 15) is 22.8 Å². The smallest absolute Gasteiger partial charge is 0.369 e. The fraction of sp³-hybridized carbons (Fsp3) is 0.250. The fourth-order valence-electron chi connectivity index (χ4n) is 4.74. The van der Waals surface area contributed by atoms with Crippen LogP contribution in [0.4, 0.5) is 52.4 Å². The van der Waals surface area contributed by atoms with Crippen molar-refractivity contribution in [3.63, 3.8) is 0 Å². The third-order valence-electron chi connectivity index (χ3n) is 7.50. The van der Waals surface area contributed by atoms with Crippen molar-refractivity contribution in [2.24, 2.45) is 0 Å². The maximum atomic E-state index is 13.2. The van der Waals surface area contributed by atoms with Crippen LogP contribution in [0.15, 0.2) is 79.1 Å². The summed E-state index contributed by atoms with van der Waals surface area (Å²) in [5.74, 6) is 0.127. The van der Waals surface area contributed by atoms with Crippen LogP contribution in [0.3, 0.4) is 0 Å². The molecule has 1 saturated heterocycles. The normalized spacial score (nSPS) is 13.7. The molecule has 0 bridgehead atoms. The van der Waals surface area contributed by atoms with E-state index in [1.165, 1.54) is 29.4 Å². The Morgan fingerprint density at radius 2 is 1.58 bits per heavy atom. The first-order valence-electron chi connectivity index (χ1n) is 14.2. The van der Waals surface area contributed by atoms with Crippen molar-refractivity contribution in [1.82, 2.24) is 14.9 Å². The van der Waals surface area contributed by atoms with Crippen molar-refractivity contribution in [1.29, 1.82) is 0 Å². The zero-order valence-electron chi connectivity index (χ0n) is 25.0. The average Bonchev–Trinajstić information content (AvgIpc) is 3.03. The molecule has 10 nitrogen and oxygen atoms in total. The number of aromatic nitrogens is 2. The van der Waals surface area contributed by atoms with Gasteiger partial charge in [-0.15, -0.1) is 0 Å². The van der Waals surface area contributed by atoms with Crippen LogP contribution in [-0.2, 0) is 6.18 Å². The SMILES string of the molecule is Cc1ccc(NC(=O)c2cccc(C(F)(F)F)c2)cc1NC(=O)N(C)c1cc(Nc2ccc(N3CCN(C)CC3)cc2)ncn1. The van der Waals surface area contributed by atoms with Gasteiger partial charge in [0.2, 0.25) is 0 Å². The number of nitrogens with one attached hydrogen (secondary N) is 3. The summed E-state index contributed by atoms with van der Waals surface area (Å²) in [4.78, 5) is 40.3. The molecule has 0 spiro atoms. The van der Waals surface area contributed by atoms with Crippen LogP contribution < -0.4 is 25.8 Å². The molecule has 1 aliphatic rings. The number of hydrogen-bond donors (Lipinski definition) is 3. The van der Waals surface area contributed by atoms with Gasteiger partial charge in [-0.3, -0.25) is 9.69 Å². The lowest BCUT2D eigenvalue weighted by molar-refractivity contribution is -0.137. The summed E-state index contributed by atoms with van der Waals surface area (Å²) in [6.07, 6.45) is -3.21. The monoisotopic (exact) mass is 618 g/mol. The Hall–Kier alpha value is -5.17. The van der Waals surface area contributed by atoms with Gasteiger partial charge in [0.25, 0.3) is 5.91 Å². The molecule has 3 amide bonds. The number of hydrogen-bond acceptors (Lipinski definition) is 7. The molecule has 1 aliphatic heterocycles. The molecule has 2 heterocycles. The number of rotatable bonds is 7. The second-order valence-corrected chi connectivity index (χ2v) is 10.8. The van der Waals surface area contributed by atoms with Crippen molar-refractivity contribution < 1.29 is 22.8 Å². The molecule has 0 saturated carbocycles. The van der Waals surface area contributed by atoms with Gasteiger partial charge in [0, 0.05) is 67.6 Å². The number of alkyl halides is 3. The van der Waals surface area contributed by atoms with Crippen LogP contribution in [0.5, 0.6) is 0 Å². The average molecular weight is 619 g/mol. The molecule has 0 atom stereocenters. The quantitative estimate of drug-likeness (QED) is 0.226. The zero-order valence-corrected chi connectivity index (χ0v) is 25.0. The van der Waals surface area contributed by atoms with Crippen LogP contribution in [0.1, 0.15) is 21.5 Å². The van der Waals surface area contributed by atoms with Crippen LogP contribution >= 0.6 is 0 Å². The summed E-state index contributed by atoms with van der Waals surface area (Å²) < 4.78 is 39.2. The van der Waals surface area contributed by atoms with E-state index in [1.54, 1.807) is 32.2 Å². The lowest BCUT2D eigenvalue weighted by atomic mass is 10.1. The number of likely N-dealkylation sites (N-methyl/N-ethyl adjacent to an activating group) is 1. The molecular weight excluding hydrogens is 585 g/mol. The number of anilines is 6. The molecule has 234 valence electrons. The Balaban J connectivity index is 1.22. The van der Waals surface area contributed by atoms with E-state index < -0.39 is 23.7 Å². The van der Waals surface area contributed by atoms with Gasteiger partial charge < -0.3 is 25.8 Å². The molecule has 3 aromatic carbocycles. The van der Waals surface area contributed by atoms with E-state index >= 15 is 0 Å². The first kappa shape index (κ1) is 31.3. The molecular formula is C32H33F3N8O2. The highest BCUT2D eigenvalue weighted by atomic mass is 19.4. The van der Waals surface area contributed by atoms with Crippen molar-refractivity contribution in [3.05, 3.63) is 95.8 Å². The molecule has 1 fully saturated rings. The first-order valence-corrected chi connectivity index (χ1v) is 14.2. The predicted molar refractivity (Wildman–Crippen MR) is 169 cm³/mol. The summed E-state index contributed by atoms with van der Waals surface area (Å²) in [6.45, 7) is 5.78. The van der Waals surface area contributed by atoms with E-state index in [-0.39, 0.29) is 5.56 Å². The summed E-state index contributed by atoms with van der Waals surface area (Å²) in [5.41, 5.74) is 2.34. The van der Waals surface area contributed by atoms with Gasteiger partial charge in [-0.1, -0.05) is 12.1 Å². The summed E-state index contributed by atoms with van der Waals surface area (Å²) in [5, 5.41) is 8.63. The van der Waals surface area contributed by atoms with Gasteiger partial charge in [-0.05, 0) is 74.1 Å². The summed E-state index contributed by atoms with van der Waals surface area (Å²) in [6, 6.07) is 18.2. The van der Waals surface area contributed by atoms with Crippen LogP contribution in [0.25, 0.3) is 0 Å². The van der Waals surface area contributed by atoms with E-state index in [0.29, 0.717) is 28.6 Å². The number of amides is 3. The Labute approximate surface area is 258 Å². The molecule has 0 unspecified atom stereocenters. The topological polar surface area (TPSA) is 106 Å². The Morgan fingerprint density at radius 3 is 2.29 bits per heavy atom. The Bertz CT molecular complexity index is 1670. The highest BCUT2D eigenvalue weighted by molar-refractivity contribution is 6.05. The summed E-state index contributed by atoms with van der Waals surface area (Å²) >= 11 is 0. The van der Waals surface area contributed by atoms with Gasteiger partial charge in [0.1, 0.15) is 18.0 Å². The van der Waals surface area contributed by atoms with Gasteiger partial charge >= 0.3 is 12.2 Å². The number of benzene rings is 3. The van der Waals surface area contributed by atoms with Crippen LogP contribution in [0.2, 0.25) is 0 Å². The maximum Gasteiger partial charge on any atom is 0.416 e. The van der Waals surface area contributed by atoms with Gasteiger partial charge in [-0.2, -0.15) is 13.2 Å². The Kier molecular flexibility index (Phi) is 9.18. The number of piperazine rings is 1. The van der Waals surface area contributed by atoms with Crippen molar-refractivity contribution in [2.45, 2.75) is 13.1 Å². The first-order chi connectivity index (χ1) is 21.5. The number of nitrogens with zero attached hydrogens (tertiary/aromatic N) is 5. The van der Waals surface area contributed by atoms with E-state index in [0.717, 1.165) is 49.7 Å². The molecule has 13 heteroatoms. The Morgan fingerprint density at radius 1 is 0.867 bits per heavy atom. The number of aryl methyl sites for hydroxylation is 1. The van der Waals surface area contributed by atoms with Crippen molar-refractivity contribution >= 4 is 46.3 Å². The second-order valence-electron chi connectivity index (χ2n) is 10.8. The van der Waals surface area contributed by atoms with E-state index in [4.69, 9.17) is 0 Å². The number of urea groups is 1. The highest BCUT2D eigenvalue weighted by Gasteiger charge is 2.31. The maximum absolute atomic E-state index is 13.2. The zero-order chi connectivity index (χ0) is 32.1. The largest absolute Gasteiger partial charge is 0.416 e. The molecule has 0 radical (unpaired) electrons. The molecule has 3 N–H and O–H groups in total. The molecule has 1 aromatic heterocycles. The molecule has 0 aliphatic carbocycles. The minimum absolute atomic E-state index is 0.144. The van der Waals surface area contributed by atoms with Gasteiger partial charge in [0.15, 0.2) is 0 Å². The standard InChI is InChI=1S/C32H33F3N8O2/c1-21-7-8-25(39-30(44)22-5-4-6-23(17-22)32(33,34)35)18-27(21)40-31(45)42(3)29-19-28(36-20-37-29)38-24-9-11-26(12-10-24)43-15-13-41(2)14-16-43/h4-12,17-20H,13-16H2,1-3H3,(H,39,44)(H,40,45)(H,36,37,38). The molecule has 45 heavy (non-hydrogen) atoms. The van der Waals surface area contributed by atoms with Crippen molar-refractivity contribution in [3.8, 4) is 0 Å². The number of halogens is 3. The molecule has 4 aromatic rings. The minimum atomic E-state index is -4.57. The lowest BCUT2D eigenvalue weighted by Crippen LogP contribution is -2.44. The minimum Gasteiger partial charge on any atom is -0.369 e. The molecule has 5 rings (SSSR count). The van der Waals surface area contributed by atoms with Gasteiger partial charge in [0.05, 0.1) is 5.56 Å². The third-order valence-corrected chi connectivity index (χ3v) is 7.50. The lowest BCUT2D eigenvalue weighted by Gasteiger charge is -2.34.